The Bertz CT molecular complexity index is 717. The molecule has 1 fully saturated rings. The summed E-state index contributed by atoms with van der Waals surface area (Å²) in [6.45, 7) is 3.55. The summed E-state index contributed by atoms with van der Waals surface area (Å²) < 4.78 is 0. The molecule has 0 unspecified atom stereocenters. The molecular weight excluding hydrogens is 304 g/mol. The van der Waals surface area contributed by atoms with E-state index >= 15 is 0 Å². The van der Waals surface area contributed by atoms with Crippen molar-refractivity contribution in [2.45, 2.75) is 45.1 Å². The van der Waals surface area contributed by atoms with Crippen molar-refractivity contribution < 1.29 is 9.59 Å². The second-order valence-corrected chi connectivity index (χ2v) is 6.37. The number of unbranched alkanes of at least 4 members (excludes halogenated alkanes) is 1. The number of benzene rings is 1. The molecular formula is C18H24N4O2. The summed E-state index contributed by atoms with van der Waals surface area (Å²) in [5, 5.41) is 3.08. The zero-order valence-corrected chi connectivity index (χ0v) is 14.0. The highest BCUT2D eigenvalue weighted by atomic mass is 16.2. The Balaban J connectivity index is 1.52. The van der Waals surface area contributed by atoms with E-state index in [2.05, 4.69) is 22.2 Å². The van der Waals surface area contributed by atoms with Crippen LogP contribution in [0.2, 0.25) is 0 Å². The monoisotopic (exact) mass is 328 g/mol. The van der Waals surface area contributed by atoms with Crippen LogP contribution in [0, 0.1) is 0 Å². The number of hydrogen-bond donors (Lipinski definition) is 2. The number of likely N-dealkylation sites (tertiary alicyclic amines) is 1. The first-order valence-corrected chi connectivity index (χ1v) is 8.69. The molecule has 2 heterocycles. The van der Waals surface area contributed by atoms with Crippen LogP contribution in [0.1, 0.15) is 49.4 Å². The first-order chi connectivity index (χ1) is 11.7. The molecule has 0 spiro atoms. The predicted octanol–water partition coefficient (Wildman–Crippen LogP) is 2.47. The number of hydrogen-bond acceptors (Lipinski definition) is 3. The van der Waals surface area contributed by atoms with E-state index in [1.807, 2.05) is 17.0 Å². The molecule has 2 N–H and O–H groups in total. The standard InChI is InChI=1S/C18H24N4O2/c1-2-3-4-17(23)22-9-7-14(8-10-22)21-18(24)13-5-6-15-16(11-13)20-12-19-15/h5-6,11-12,14H,2-4,7-10H2,1H3,(H,19,20)(H,21,24). The van der Waals surface area contributed by atoms with E-state index < -0.39 is 0 Å². The molecule has 1 saturated heterocycles. The average molecular weight is 328 g/mol. The number of carbonyl (C=O) groups excluding carboxylic acids is 2. The summed E-state index contributed by atoms with van der Waals surface area (Å²) >= 11 is 0. The van der Waals surface area contributed by atoms with E-state index in [-0.39, 0.29) is 17.9 Å². The highest BCUT2D eigenvalue weighted by Crippen LogP contribution is 2.15. The van der Waals surface area contributed by atoms with Crippen LogP contribution in [0.25, 0.3) is 11.0 Å². The van der Waals surface area contributed by atoms with Gasteiger partial charge in [0.05, 0.1) is 17.4 Å². The van der Waals surface area contributed by atoms with Gasteiger partial charge in [-0.15, -0.1) is 0 Å². The van der Waals surface area contributed by atoms with Gasteiger partial charge >= 0.3 is 0 Å². The average Bonchev–Trinajstić information content (AvgIpc) is 3.08. The van der Waals surface area contributed by atoms with Gasteiger partial charge in [-0.2, -0.15) is 0 Å². The van der Waals surface area contributed by atoms with Crippen LogP contribution in [0.5, 0.6) is 0 Å². The maximum atomic E-state index is 12.4. The lowest BCUT2D eigenvalue weighted by molar-refractivity contribution is -0.132. The van der Waals surface area contributed by atoms with Crippen molar-refractivity contribution >= 4 is 22.8 Å². The number of amides is 2. The molecule has 0 radical (unpaired) electrons. The van der Waals surface area contributed by atoms with Crippen LogP contribution < -0.4 is 5.32 Å². The Labute approximate surface area is 141 Å². The van der Waals surface area contributed by atoms with Crippen LogP contribution >= 0.6 is 0 Å². The van der Waals surface area contributed by atoms with E-state index in [4.69, 9.17) is 0 Å². The predicted molar refractivity (Wildman–Crippen MR) is 92.7 cm³/mol. The first kappa shape index (κ1) is 16.5. The Morgan fingerprint density at radius 1 is 1.33 bits per heavy atom. The number of aromatic amines is 1. The molecule has 2 aromatic rings. The Morgan fingerprint density at radius 3 is 2.88 bits per heavy atom. The second-order valence-electron chi connectivity index (χ2n) is 6.37. The Morgan fingerprint density at radius 2 is 2.12 bits per heavy atom. The van der Waals surface area contributed by atoms with Crippen LogP contribution in [0.15, 0.2) is 24.5 Å². The number of aromatic nitrogens is 2. The van der Waals surface area contributed by atoms with Crippen molar-refractivity contribution in [3.05, 3.63) is 30.1 Å². The van der Waals surface area contributed by atoms with Crippen molar-refractivity contribution in [2.24, 2.45) is 0 Å². The molecule has 128 valence electrons. The van der Waals surface area contributed by atoms with Gasteiger partial charge in [-0.05, 0) is 37.5 Å². The number of nitrogens with one attached hydrogen (secondary N) is 2. The van der Waals surface area contributed by atoms with Crippen molar-refractivity contribution in [2.75, 3.05) is 13.1 Å². The molecule has 24 heavy (non-hydrogen) atoms. The maximum absolute atomic E-state index is 12.4. The first-order valence-electron chi connectivity index (χ1n) is 8.69. The molecule has 1 aliphatic heterocycles. The van der Waals surface area contributed by atoms with Gasteiger partial charge in [-0.1, -0.05) is 13.3 Å². The lowest BCUT2D eigenvalue weighted by atomic mass is 10.0. The molecule has 1 aromatic heterocycles. The normalized spacial score (nSPS) is 15.6. The third-order valence-corrected chi connectivity index (χ3v) is 4.61. The topological polar surface area (TPSA) is 78.1 Å². The van der Waals surface area contributed by atoms with Gasteiger partial charge < -0.3 is 15.2 Å². The highest BCUT2D eigenvalue weighted by Gasteiger charge is 2.23. The minimum absolute atomic E-state index is 0.0674. The zero-order valence-electron chi connectivity index (χ0n) is 14.0. The minimum Gasteiger partial charge on any atom is -0.349 e. The van der Waals surface area contributed by atoms with Crippen molar-refractivity contribution in [3.8, 4) is 0 Å². The van der Waals surface area contributed by atoms with E-state index in [0.29, 0.717) is 12.0 Å². The molecule has 2 amide bonds. The lowest BCUT2D eigenvalue weighted by Crippen LogP contribution is -2.46. The Kier molecular flexibility index (Phi) is 5.13. The summed E-state index contributed by atoms with van der Waals surface area (Å²) in [6, 6.07) is 5.59. The zero-order chi connectivity index (χ0) is 16.9. The highest BCUT2D eigenvalue weighted by molar-refractivity contribution is 5.97. The van der Waals surface area contributed by atoms with Gasteiger partial charge in [0.25, 0.3) is 5.91 Å². The van der Waals surface area contributed by atoms with Gasteiger partial charge in [-0.25, -0.2) is 4.98 Å². The fourth-order valence-corrected chi connectivity index (χ4v) is 3.10. The molecule has 1 aliphatic rings. The molecule has 1 aromatic carbocycles. The van der Waals surface area contributed by atoms with E-state index in [1.54, 1.807) is 12.4 Å². The second kappa shape index (κ2) is 7.47. The summed E-state index contributed by atoms with van der Waals surface area (Å²) in [5.41, 5.74) is 2.35. The molecule has 3 rings (SSSR count). The minimum atomic E-state index is -0.0674. The van der Waals surface area contributed by atoms with Crippen LogP contribution in [0.4, 0.5) is 0 Å². The number of imidazole rings is 1. The van der Waals surface area contributed by atoms with Gasteiger partial charge in [0.1, 0.15) is 0 Å². The fourth-order valence-electron chi connectivity index (χ4n) is 3.10. The third kappa shape index (κ3) is 3.75. The van der Waals surface area contributed by atoms with E-state index in [1.165, 1.54) is 0 Å². The molecule has 0 atom stereocenters. The third-order valence-electron chi connectivity index (χ3n) is 4.61. The van der Waals surface area contributed by atoms with E-state index in [0.717, 1.165) is 49.8 Å². The Hall–Kier alpha value is -2.37. The van der Waals surface area contributed by atoms with Crippen molar-refractivity contribution in [1.29, 1.82) is 0 Å². The largest absolute Gasteiger partial charge is 0.349 e. The number of rotatable bonds is 5. The number of piperidine rings is 1. The van der Waals surface area contributed by atoms with Crippen LogP contribution in [0.3, 0.4) is 0 Å². The van der Waals surface area contributed by atoms with Crippen molar-refractivity contribution in [3.63, 3.8) is 0 Å². The van der Waals surface area contributed by atoms with Gasteiger partial charge in [0.15, 0.2) is 0 Å². The number of fused-ring (bicyclic) bond motifs is 1. The number of H-pyrrole nitrogens is 1. The molecule has 6 heteroatoms. The summed E-state index contributed by atoms with van der Waals surface area (Å²) in [4.78, 5) is 33.5. The van der Waals surface area contributed by atoms with Crippen LogP contribution in [-0.4, -0.2) is 45.8 Å². The summed E-state index contributed by atoms with van der Waals surface area (Å²) in [7, 11) is 0. The quantitative estimate of drug-likeness (QED) is 0.885. The number of nitrogens with zero attached hydrogens (tertiary/aromatic N) is 2. The summed E-state index contributed by atoms with van der Waals surface area (Å²) in [6.07, 6.45) is 5.88. The van der Waals surface area contributed by atoms with Crippen molar-refractivity contribution in [1.82, 2.24) is 20.2 Å². The fraction of sp³-hybridized carbons (Fsp3) is 0.500. The lowest BCUT2D eigenvalue weighted by Gasteiger charge is -2.32. The van der Waals surface area contributed by atoms with Gasteiger partial charge in [0.2, 0.25) is 5.91 Å². The molecule has 0 saturated carbocycles. The molecule has 0 bridgehead atoms. The number of carbonyl (C=O) groups is 2. The van der Waals surface area contributed by atoms with E-state index in [9.17, 15) is 9.59 Å². The maximum Gasteiger partial charge on any atom is 0.251 e. The van der Waals surface area contributed by atoms with Crippen LogP contribution in [-0.2, 0) is 4.79 Å². The summed E-state index contributed by atoms with van der Waals surface area (Å²) in [5.74, 6) is 0.175. The smallest absolute Gasteiger partial charge is 0.251 e. The van der Waals surface area contributed by atoms with Gasteiger partial charge in [-0.3, -0.25) is 9.59 Å². The molecule has 6 nitrogen and oxygen atoms in total. The van der Waals surface area contributed by atoms with Gasteiger partial charge in [0, 0.05) is 31.1 Å². The molecule has 0 aliphatic carbocycles. The SMILES string of the molecule is CCCCC(=O)N1CCC(NC(=O)c2ccc3nc[nH]c3c2)CC1.